The van der Waals surface area contributed by atoms with Crippen LogP contribution in [-0.2, 0) is 9.53 Å². The summed E-state index contributed by atoms with van der Waals surface area (Å²) in [4.78, 5) is 27.7. The van der Waals surface area contributed by atoms with Gasteiger partial charge in [-0.3, -0.25) is 4.79 Å². The minimum Gasteiger partial charge on any atom is -0.387 e. The summed E-state index contributed by atoms with van der Waals surface area (Å²) >= 11 is 8.02. The average Bonchev–Trinajstić information content (AvgIpc) is 3.42. The van der Waals surface area contributed by atoms with E-state index in [0.717, 1.165) is 48.0 Å². The molecule has 2 saturated heterocycles. The number of ether oxygens (including phenoxy) is 1. The third kappa shape index (κ3) is 4.81. The number of carbonyl (C=O) groups is 1. The van der Waals surface area contributed by atoms with Gasteiger partial charge in [0.05, 0.1) is 22.7 Å². The number of hydrogen-bond acceptors (Lipinski definition) is 8. The van der Waals surface area contributed by atoms with Gasteiger partial charge in [-0.15, -0.1) is 11.3 Å². The Morgan fingerprint density at radius 2 is 2.06 bits per heavy atom. The van der Waals surface area contributed by atoms with Crippen molar-refractivity contribution in [2.75, 3.05) is 50.8 Å². The molecule has 4 heterocycles. The molecular formula is C24H32ClN5O3S. The van der Waals surface area contributed by atoms with Crippen molar-refractivity contribution in [3.05, 3.63) is 38.9 Å². The number of aliphatic hydroxyl groups is 1. The van der Waals surface area contributed by atoms with Gasteiger partial charge in [0.1, 0.15) is 12.1 Å². The first-order valence-corrected chi connectivity index (χ1v) is 13.4. The predicted molar refractivity (Wildman–Crippen MR) is 133 cm³/mol. The molecular weight excluding hydrogens is 474 g/mol. The van der Waals surface area contributed by atoms with Crippen LogP contribution in [-0.4, -0.2) is 77.9 Å². The Labute approximate surface area is 209 Å². The standard InChI is InChI=1S/C24H32ClN5O3S/c1-15-12-19(31)21-20(15)23(28-14-27-21)29-5-7-30(8-6-29)24(32)17(22-18(25)4-11-34-22)13-26-16-2-9-33-10-3-16/h4,11,14-17,19,26,31H,2-3,5-10,12-13H2,1H3/t15-,17-,19+/m1/s1. The zero-order valence-corrected chi connectivity index (χ0v) is 21.0. The highest BCUT2D eigenvalue weighted by atomic mass is 35.5. The van der Waals surface area contributed by atoms with Crippen LogP contribution in [0.5, 0.6) is 0 Å². The number of carbonyl (C=O) groups excluding carboxylic acids is 1. The number of aromatic nitrogens is 2. The van der Waals surface area contributed by atoms with Crippen LogP contribution in [0.15, 0.2) is 17.8 Å². The second kappa shape index (κ2) is 10.5. The van der Waals surface area contributed by atoms with Gasteiger partial charge in [0.15, 0.2) is 0 Å². The second-order valence-electron chi connectivity index (χ2n) is 9.44. The summed E-state index contributed by atoms with van der Waals surface area (Å²) in [6.07, 6.45) is 3.64. The van der Waals surface area contributed by atoms with Gasteiger partial charge < -0.3 is 25.0 Å². The summed E-state index contributed by atoms with van der Waals surface area (Å²) in [5.41, 5.74) is 1.81. The summed E-state index contributed by atoms with van der Waals surface area (Å²) in [6, 6.07) is 2.25. The molecule has 1 aliphatic carbocycles. The minimum absolute atomic E-state index is 0.125. The average molecular weight is 506 g/mol. The third-order valence-electron chi connectivity index (χ3n) is 7.26. The van der Waals surface area contributed by atoms with Gasteiger partial charge in [-0.2, -0.15) is 0 Å². The highest BCUT2D eigenvalue weighted by Crippen LogP contribution is 2.43. The number of halogens is 1. The van der Waals surface area contributed by atoms with Crippen molar-refractivity contribution in [3.8, 4) is 0 Å². The molecule has 0 unspecified atom stereocenters. The molecule has 3 aliphatic rings. The van der Waals surface area contributed by atoms with Crippen molar-refractivity contribution >= 4 is 34.7 Å². The Balaban J connectivity index is 1.27. The lowest BCUT2D eigenvalue weighted by atomic mass is 10.0. The van der Waals surface area contributed by atoms with Gasteiger partial charge in [0.2, 0.25) is 5.91 Å². The van der Waals surface area contributed by atoms with Crippen molar-refractivity contribution in [3.63, 3.8) is 0 Å². The molecule has 10 heteroatoms. The van der Waals surface area contributed by atoms with Gasteiger partial charge >= 0.3 is 0 Å². The first-order chi connectivity index (χ1) is 16.5. The van der Waals surface area contributed by atoms with Crippen LogP contribution in [0.3, 0.4) is 0 Å². The molecule has 3 atom stereocenters. The molecule has 8 nitrogen and oxygen atoms in total. The Bertz CT molecular complexity index is 1010. The maximum Gasteiger partial charge on any atom is 0.232 e. The molecule has 2 aromatic rings. The molecule has 2 aliphatic heterocycles. The summed E-state index contributed by atoms with van der Waals surface area (Å²) in [7, 11) is 0. The fraction of sp³-hybridized carbons (Fsp3) is 0.625. The van der Waals surface area contributed by atoms with E-state index < -0.39 is 6.10 Å². The molecule has 2 aromatic heterocycles. The minimum atomic E-state index is -0.519. The Morgan fingerprint density at radius 3 is 2.76 bits per heavy atom. The number of aliphatic hydroxyl groups excluding tert-OH is 1. The lowest BCUT2D eigenvalue weighted by Gasteiger charge is -2.38. The molecule has 0 spiro atoms. The Hall–Kier alpha value is -1.78. The van der Waals surface area contributed by atoms with E-state index in [4.69, 9.17) is 16.3 Å². The topological polar surface area (TPSA) is 90.8 Å². The van der Waals surface area contributed by atoms with E-state index in [1.165, 1.54) is 0 Å². The van der Waals surface area contributed by atoms with Crippen LogP contribution < -0.4 is 10.2 Å². The van der Waals surface area contributed by atoms with Crippen LogP contribution >= 0.6 is 22.9 Å². The number of nitrogens with zero attached hydrogens (tertiary/aromatic N) is 4. The van der Waals surface area contributed by atoms with Gasteiger partial charge in [-0.25, -0.2) is 9.97 Å². The van der Waals surface area contributed by atoms with Crippen molar-refractivity contribution in [1.29, 1.82) is 0 Å². The zero-order chi connectivity index (χ0) is 23.7. The number of thiophene rings is 1. The van der Waals surface area contributed by atoms with Gasteiger partial charge in [0.25, 0.3) is 0 Å². The highest BCUT2D eigenvalue weighted by Gasteiger charge is 2.35. The number of fused-ring (bicyclic) bond motifs is 1. The smallest absolute Gasteiger partial charge is 0.232 e. The predicted octanol–water partition coefficient (Wildman–Crippen LogP) is 2.93. The molecule has 0 saturated carbocycles. The van der Waals surface area contributed by atoms with Crippen molar-refractivity contribution in [2.45, 2.75) is 50.2 Å². The first kappa shape index (κ1) is 23.9. The number of hydrogen-bond donors (Lipinski definition) is 2. The molecule has 2 fully saturated rings. The Kier molecular flexibility index (Phi) is 7.36. The van der Waals surface area contributed by atoms with Gasteiger partial charge in [-0.1, -0.05) is 18.5 Å². The summed E-state index contributed by atoms with van der Waals surface area (Å²) in [6.45, 7) is 6.89. The lowest BCUT2D eigenvalue weighted by Crippen LogP contribution is -2.51. The lowest BCUT2D eigenvalue weighted by molar-refractivity contribution is -0.133. The third-order valence-corrected chi connectivity index (χ3v) is 8.73. The van der Waals surface area contributed by atoms with Crippen LogP contribution in [0.25, 0.3) is 0 Å². The first-order valence-electron chi connectivity index (χ1n) is 12.1. The molecule has 0 radical (unpaired) electrons. The molecule has 1 amide bonds. The maximum atomic E-state index is 13.7. The second-order valence-corrected chi connectivity index (χ2v) is 10.8. The monoisotopic (exact) mass is 505 g/mol. The maximum absolute atomic E-state index is 13.7. The number of amides is 1. The van der Waals surface area contributed by atoms with E-state index in [1.807, 2.05) is 16.3 Å². The quantitative estimate of drug-likeness (QED) is 0.623. The number of anilines is 1. The number of nitrogens with one attached hydrogen (secondary N) is 1. The summed E-state index contributed by atoms with van der Waals surface area (Å²) < 4.78 is 5.47. The summed E-state index contributed by atoms with van der Waals surface area (Å²) in [5, 5.41) is 16.5. The van der Waals surface area contributed by atoms with E-state index in [0.29, 0.717) is 50.2 Å². The van der Waals surface area contributed by atoms with Crippen molar-refractivity contribution in [1.82, 2.24) is 20.2 Å². The SMILES string of the molecule is C[C@@H]1C[C@H](O)c2ncnc(N3CCN(C(=O)[C@H](CNC4CCOCC4)c4sccc4Cl)CC3)c21. The van der Waals surface area contributed by atoms with Crippen LogP contribution in [0, 0.1) is 0 Å². The summed E-state index contributed by atoms with van der Waals surface area (Å²) in [5.74, 6) is 0.961. The van der Waals surface area contributed by atoms with Gasteiger partial charge in [0, 0.05) is 62.4 Å². The van der Waals surface area contributed by atoms with Crippen molar-refractivity contribution < 1.29 is 14.6 Å². The largest absolute Gasteiger partial charge is 0.387 e. The van der Waals surface area contributed by atoms with Crippen LogP contribution in [0.4, 0.5) is 5.82 Å². The molecule has 5 rings (SSSR count). The van der Waals surface area contributed by atoms with E-state index in [2.05, 4.69) is 27.1 Å². The molecule has 184 valence electrons. The van der Waals surface area contributed by atoms with Crippen LogP contribution in [0.1, 0.15) is 60.3 Å². The van der Waals surface area contributed by atoms with E-state index >= 15 is 0 Å². The van der Waals surface area contributed by atoms with Crippen molar-refractivity contribution in [2.24, 2.45) is 0 Å². The molecule has 0 bridgehead atoms. The number of rotatable bonds is 6. The molecule has 2 N–H and O–H groups in total. The fourth-order valence-electron chi connectivity index (χ4n) is 5.35. The van der Waals surface area contributed by atoms with E-state index in [9.17, 15) is 9.90 Å². The number of piperazine rings is 1. The molecule has 0 aromatic carbocycles. The van der Waals surface area contributed by atoms with Crippen LogP contribution in [0.2, 0.25) is 5.02 Å². The molecule has 34 heavy (non-hydrogen) atoms. The van der Waals surface area contributed by atoms with E-state index in [-0.39, 0.29) is 17.7 Å². The normalized spacial score (nSPS) is 24.3. The fourth-order valence-corrected chi connectivity index (χ4v) is 6.63. The highest BCUT2D eigenvalue weighted by molar-refractivity contribution is 7.10. The zero-order valence-electron chi connectivity index (χ0n) is 19.5. The Morgan fingerprint density at radius 1 is 1.29 bits per heavy atom. The van der Waals surface area contributed by atoms with E-state index in [1.54, 1.807) is 17.7 Å². The van der Waals surface area contributed by atoms with Gasteiger partial charge in [-0.05, 0) is 36.6 Å².